The maximum Gasteiger partial charge on any atom is 0.341 e. The highest BCUT2D eigenvalue weighted by molar-refractivity contribution is 7.89. The summed E-state index contributed by atoms with van der Waals surface area (Å²) in [6.45, 7) is -0.323. The van der Waals surface area contributed by atoms with Gasteiger partial charge >= 0.3 is 5.97 Å². The first-order chi connectivity index (χ1) is 15.5. The molecule has 2 heterocycles. The molecule has 1 aliphatic heterocycles. The maximum absolute atomic E-state index is 12.9. The second kappa shape index (κ2) is 8.58. The molecule has 172 valence electrons. The molecule has 2 aromatic carbocycles. The summed E-state index contributed by atoms with van der Waals surface area (Å²) < 4.78 is 32.1. The first kappa shape index (κ1) is 23.5. The number of rotatable bonds is 6. The number of hydrogen-bond donors (Lipinski definition) is 1. The zero-order chi connectivity index (χ0) is 24.1. The van der Waals surface area contributed by atoms with Crippen molar-refractivity contribution in [2.24, 2.45) is 0 Å². The largest absolute Gasteiger partial charge is 0.477 e. The van der Waals surface area contributed by atoms with Gasteiger partial charge in [-0.3, -0.25) is 10.1 Å². The standard InChI is InChI=1S/C19H12Cl3N3O7S/c20-10-5-11(21)15(12(22)6-10)17-16(19(26)27)18(32-23-17)9-7-24(8-9)33(30,31)14-4-2-1-3-13(14)25(28)29/h1-6,9H,7-8H2,(H,26,27). The van der Waals surface area contributed by atoms with E-state index in [0.717, 1.165) is 16.4 Å². The fourth-order valence-electron chi connectivity index (χ4n) is 3.49. The van der Waals surface area contributed by atoms with E-state index in [1.165, 1.54) is 24.3 Å². The number of hydrogen-bond acceptors (Lipinski definition) is 7. The number of carboxylic acid groups (broad SMARTS) is 1. The Labute approximate surface area is 201 Å². The third kappa shape index (κ3) is 4.06. The lowest BCUT2D eigenvalue weighted by atomic mass is 9.94. The second-order valence-electron chi connectivity index (χ2n) is 7.06. The minimum atomic E-state index is -4.19. The average molecular weight is 533 g/mol. The van der Waals surface area contributed by atoms with E-state index >= 15 is 0 Å². The van der Waals surface area contributed by atoms with Crippen LogP contribution in [-0.2, 0) is 10.0 Å². The predicted octanol–water partition coefficient (Wildman–Crippen LogP) is 4.70. The summed E-state index contributed by atoms with van der Waals surface area (Å²) in [5.41, 5.74) is -0.877. The fraction of sp³-hybridized carbons (Fsp3) is 0.158. The van der Waals surface area contributed by atoms with Gasteiger partial charge in [-0.25, -0.2) is 13.2 Å². The number of halogens is 3. The molecule has 1 aromatic heterocycles. The number of para-hydroxylation sites is 1. The molecular weight excluding hydrogens is 521 g/mol. The van der Waals surface area contributed by atoms with Gasteiger partial charge < -0.3 is 9.63 Å². The van der Waals surface area contributed by atoms with Crippen molar-refractivity contribution in [3.8, 4) is 11.3 Å². The summed E-state index contributed by atoms with van der Waals surface area (Å²) in [7, 11) is -4.19. The van der Waals surface area contributed by atoms with Gasteiger partial charge in [-0.15, -0.1) is 0 Å². The van der Waals surface area contributed by atoms with Crippen LogP contribution in [0, 0.1) is 10.1 Å². The lowest BCUT2D eigenvalue weighted by Crippen LogP contribution is -2.48. The number of carbonyl (C=O) groups is 1. The van der Waals surface area contributed by atoms with Crippen molar-refractivity contribution in [3.63, 3.8) is 0 Å². The van der Waals surface area contributed by atoms with E-state index < -0.39 is 37.4 Å². The van der Waals surface area contributed by atoms with Crippen molar-refractivity contribution < 1.29 is 27.8 Å². The highest BCUT2D eigenvalue weighted by atomic mass is 35.5. The number of nitro benzene ring substituents is 1. The van der Waals surface area contributed by atoms with Gasteiger partial charge in [0.1, 0.15) is 11.3 Å². The summed E-state index contributed by atoms with van der Waals surface area (Å²) in [4.78, 5) is 22.0. The molecular formula is C19H12Cl3N3O7S. The molecule has 1 N–H and O–H groups in total. The zero-order valence-electron chi connectivity index (χ0n) is 16.2. The normalized spacial score (nSPS) is 14.8. The van der Waals surface area contributed by atoms with Gasteiger partial charge in [-0.1, -0.05) is 52.1 Å². The van der Waals surface area contributed by atoms with Crippen LogP contribution in [0.3, 0.4) is 0 Å². The van der Waals surface area contributed by atoms with Crippen LogP contribution in [0.5, 0.6) is 0 Å². The molecule has 0 aliphatic carbocycles. The fourth-order valence-corrected chi connectivity index (χ4v) is 6.18. The summed E-state index contributed by atoms with van der Waals surface area (Å²) in [6, 6.07) is 7.71. The van der Waals surface area contributed by atoms with Gasteiger partial charge in [0.25, 0.3) is 5.69 Å². The Kier molecular flexibility index (Phi) is 6.10. The van der Waals surface area contributed by atoms with Crippen molar-refractivity contribution in [2.75, 3.05) is 13.1 Å². The molecule has 1 saturated heterocycles. The topological polar surface area (TPSA) is 144 Å². The first-order valence-corrected chi connectivity index (χ1v) is 11.7. The van der Waals surface area contributed by atoms with Gasteiger partial charge in [-0.05, 0) is 18.2 Å². The number of aromatic nitrogens is 1. The highest BCUT2D eigenvalue weighted by Gasteiger charge is 2.44. The van der Waals surface area contributed by atoms with E-state index in [1.807, 2.05) is 0 Å². The Bertz CT molecular complexity index is 1380. The Morgan fingerprint density at radius 1 is 1.18 bits per heavy atom. The monoisotopic (exact) mass is 531 g/mol. The minimum absolute atomic E-state index is 0.0593. The molecule has 4 rings (SSSR count). The Morgan fingerprint density at radius 2 is 1.79 bits per heavy atom. The number of nitro groups is 1. The van der Waals surface area contributed by atoms with E-state index in [9.17, 15) is 28.4 Å². The second-order valence-corrected chi connectivity index (χ2v) is 10.2. The molecule has 14 heteroatoms. The van der Waals surface area contributed by atoms with Crippen LogP contribution in [0.15, 0.2) is 45.8 Å². The predicted molar refractivity (Wildman–Crippen MR) is 119 cm³/mol. The third-order valence-electron chi connectivity index (χ3n) is 5.07. The van der Waals surface area contributed by atoms with Crippen molar-refractivity contribution in [3.05, 3.63) is 72.9 Å². The van der Waals surface area contributed by atoms with Crippen molar-refractivity contribution in [1.82, 2.24) is 9.46 Å². The lowest BCUT2D eigenvalue weighted by molar-refractivity contribution is -0.387. The number of sulfonamides is 1. The van der Waals surface area contributed by atoms with Crippen molar-refractivity contribution in [2.45, 2.75) is 10.8 Å². The molecule has 33 heavy (non-hydrogen) atoms. The summed E-state index contributed by atoms with van der Waals surface area (Å²) in [6.07, 6.45) is 0. The minimum Gasteiger partial charge on any atom is -0.477 e. The molecule has 1 fully saturated rings. The zero-order valence-corrected chi connectivity index (χ0v) is 19.3. The van der Waals surface area contributed by atoms with Crippen LogP contribution in [0.4, 0.5) is 5.69 Å². The van der Waals surface area contributed by atoms with E-state index in [4.69, 9.17) is 39.3 Å². The molecule has 1 aliphatic rings. The number of carboxylic acids is 1. The Balaban J connectivity index is 1.67. The first-order valence-electron chi connectivity index (χ1n) is 9.13. The Morgan fingerprint density at radius 3 is 2.36 bits per heavy atom. The van der Waals surface area contributed by atoms with Crippen molar-refractivity contribution >= 4 is 56.5 Å². The molecule has 10 nitrogen and oxygen atoms in total. The number of benzene rings is 2. The smallest absolute Gasteiger partial charge is 0.341 e. The molecule has 0 radical (unpaired) electrons. The average Bonchev–Trinajstić information content (AvgIpc) is 3.10. The van der Waals surface area contributed by atoms with Crippen LogP contribution in [-0.4, -0.2) is 47.0 Å². The molecule has 0 bridgehead atoms. The molecule has 0 unspecified atom stereocenters. The van der Waals surface area contributed by atoms with Gasteiger partial charge in [0.15, 0.2) is 10.7 Å². The van der Waals surface area contributed by atoms with Crippen LogP contribution in [0.2, 0.25) is 15.1 Å². The van der Waals surface area contributed by atoms with Gasteiger partial charge in [0.2, 0.25) is 10.0 Å². The highest BCUT2D eigenvalue weighted by Crippen LogP contribution is 2.42. The molecule has 0 atom stereocenters. The maximum atomic E-state index is 12.9. The number of aromatic carboxylic acids is 1. The van der Waals surface area contributed by atoms with Gasteiger partial charge in [0.05, 0.1) is 15.0 Å². The van der Waals surface area contributed by atoms with Gasteiger partial charge in [0, 0.05) is 35.7 Å². The summed E-state index contributed by atoms with van der Waals surface area (Å²) in [5, 5.41) is 25.2. The van der Waals surface area contributed by atoms with Crippen LogP contribution in [0.1, 0.15) is 22.0 Å². The lowest BCUT2D eigenvalue weighted by Gasteiger charge is -2.36. The summed E-state index contributed by atoms with van der Waals surface area (Å²) >= 11 is 18.3. The van der Waals surface area contributed by atoms with Crippen LogP contribution < -0.4 is 0 Å². The molecule has 0 amide bonds. The van der Waals surface area contributed by atoms with Gasteiger partial charge in [-0.2, -0.15) is 4.31 Å². The molecule has 3 aromatic rings. The van der Waals surface area contributed by atoms with Crippen LogP contribution >= 0.6 is 34.8 Å². The van der Waals surface area contributed by atoms with E-state index in [2.05, 4.69) is 5.16 Å². The molecule has 0 saturated carbocycles. The quantitative estimate of drug-likeness (QED) is 0.355. The summed E-state index contributed by atoms with van der Waals surface area (Å²) in [5.74, 6) is -2.09. The number of nitrogens with zero attached hydrogens (tertiary/aromatic N) is 3. The van der Waals surface area contributed by atoms with E-state index in [0.29, 0.717) is 0 Å². The van der Waals surface area contributed by atoms with Crippen molar-refractivity contribution in [1.29, 1.82) is 0 Å². The van der Waals surface area contributed by atoms with E-state index in [1.54, 1.807) is 0 Å². The third-order valence-corrected chi connectivity index (χ3v) is 7.77. The molecule has 0 spiro atoms. The SMILES string of the molecule is O=C(O)c1c(-c2c(Cl)cc(Cl)cc2Cl)noc1C1CN(S(=O)(=O)c2ccccc2[N+](=O)[O-])C1. The van der Waals surface area contributed by atoms with Crippen LogP contribution in [0.25, 0.3) is 11.3 Å². The Hall–Kier alpha value is -2.70. The van der Waals surface area contributed by atoms with E-state index in [-0.39, 0.29) is 50.7 Å².